The molecule has 3 atom stereocenters. The van der Waals surface area contributed by atoms with Crippen LogP contribution in [0.4, 0.5) is 4.39 Å². The molecule has 4 nitrogen and oxygen atoms in total. The number of β-amino-alcohol motifs (C(OH)–C–C–N with tert-alkyl or cyclic N) is 1. The lowest BCUT2D eigenvalue weighted by Gasteiger charge is -2.29. The molecule has 3 rings (SSSR count). The fraction of sp³-hybridized carbons (Fsp3) is 0.588. The van der Waals surface area contributed by atoms with Crippen LogP contribution in [-0.4, -0.2) is 47.2 Å². The summed E-state index contributed by atoms with van der Waals surface area (Å²) in [6, 6.07) is 4.68. The van der Waals surface area contributed by atoms with E-state index in [1.165, 1.54) is 12.1 Å². The highest BCUT2D eigenvalue weighted by Crippen LogP contribution is 2.27. The van der Waals surface area contributed by atoms with Crippen molar-refractivity contribution in [2.45, 2.75) is 50.8 Å². The van der Waals surface area contributed by atoms with Gasteiger partial charge in [0, 0.05) is 30.7 Å². The van der Waals surface area contributed by atoms with E-state index < -0.39 is 0 Å². The second kappa shape index (κ2) is 6.34. The van der Waals surface area contributed by atoms with E-state index in [-0.39, 0.29) is 23.9 Å². The van der Waals surface area contributed by atoms with Crippen LogP contribution in [0.3, 0.4) is 0 Å². The highest BCUT2D eigenvalue weighted by atomic mass is 19.1. The Labute approximate surface area is 130 Å². The van der Waals surface area contributed by atoms with Gasteiger partial charge >= 0.3 is 0 Å². The summed E-state index contributed by atoms with van der Waals surface area (Å²) < 4.78 is 13.2. The van der Waals surface area contributed by atoms with Gasteiger partial charge in [0.1, 0.15) is 5.82 Å². The van der Waals surface area contributed by atoms with Gasteiger partial charge in [0.05, 0.1) is 6.10 Å². The molecule has 1 heterocycles. The molecular formula is C17H23FN2O2. The van der Waals surface area contributed by atoms with Crippen LogP contribution < -0.4 is 5.32 Å². The Morgan fingerprint density at radius 2 is 2.18 bits per heavy atom. The fourth-order valence-corrected chi connectivity index (χ4v) is 3.74. The lowest BCUT2D eigenvalue weighted by molar-refractivity contribution is 0.0905. The van der Waals surface area contributed by atoms with Crippen molar-refractivity contribution in [1.82, 2.24) is 10.2 Å². The zero-order valence-corrected chi connectivity index (χ0v) is 12.9. The maximum Gasteiger partial charge on any atom is 0.251 e. The fourth-order valence-electron chi connectivity index (χ4n) is 3.74. The van der Waals surface area contributed by atoms with Gasteiger partial charge in [0.15, 0.2) is 0 Å². The number of hydrogen-bond donors (Lipinski definition) is 2. The molecule has 1 unspecified atom stereocenters. The number of aliphatic hydroxyl groups is 1. The van der Waals surface area contributed by atoms with Gasteiger partial charge in [-0.05, 0) is 56.4 Å². The van der Waals surface area contributed by atoms with E-state index in [2.05, 4.69) is 10.2 Å². The zero-order chi connectivity index (χ0) is 15.7. The number of likely N-dealkylation sites (tertiary alicyclic amines) is 1. The third kappa shape index (κ3) is 3.15. The molecule has 120 valence electrons. The predicted molar refractivity (Wildman–Crippen MR) is 82.2 cm³/mol. The highest BCUT2D eigenvalue weighted by Gasteiger charge is 2.36. The van der Waals surface area contributed by atoms with Crippen LogP contribution in [0, 0.1) is 12.7 Å². The molecule has 22 heavy (non-hydrogen) atoms. The molecule has 0 spiro atoms. The molecule has 1 aliphatic heterocycles. The molecule has 1 aromatic carbocycles. The van der Waals surface area contributed by atoms with Crippen LogP contribution in [0.5, 0.6) is 0 Å². The second-order valence-electron chi connectivity index (χ2n) is 6.47. The largest absolute Gasteiger partial charge is 0.392 e. The maximum atomic E-state index is 13.2. The standard InChI is InChI=1S/C17H23FN2O2/c1-11-9-12(18)5-6-14(11)17(22)19-15-3-2-4-16(15)20-8-7-13(21)10-20/h5-6,9,13,15-16,21H,2-4,7-8,10H2,1H3,(H,19,22)/t13?,15-,16+/m1/s1. The number of nitrogens with zero attached hydrogens (tertiary/aromatic N) is 1. The van der Waals surface area contributed by atoms with E-state index in [0.717, 1.165) is 32.2 Å². The number of aliphatic hydroxyl groups excluding tert-OH is 1. The molecule has 0 radical (unpaired) electrons. The smallest absolute Gasteiger partial charge is 0.251 e. The van der Waals surface area contributed by atoms with Crippen LogP contribution in [0.15, 0.2) is 18.2 Å². The number of rotatable bonds is 3. The Morgan fingerprint density at radius 3 is 2.86 bits per heavy atom. The van der Waals surface area contributed by atoms with Gasteiger partial charge in [-0.3, -0.25) is 9.69 Å². The molecule has 1 saturated heterocycles. The molecule has 1 aromatic rings. The van der Waals surface area contributed by atoms with E-state index in [1.54, 1.807) is 13.0 Å². The topological polar surface area (TPSA) is 52.6 Å². The minimum Gasteiger partial charge on any atom is -0.392 e. The van der Waals surface area contributed by atoms with Crippen LogP contribution in [0.1, 0.15) is 41.6 Å². The van der Waals surface area contributed by atoms with E-state index in [0.29, 0.717) is 23.7 Å². The number of amides is 1. The first-order valence-corrected chi connectivity index (χ1v) is 8.03. The SMILES string of the molecule is Cc1cc(F)ccc1C(=O)N[C@@H]1CCC[C@@H]1N1CCC(O)C1. The van der Waals surface area contributed by atoms with E-state index >= 15 is 0 Å². The molecular weight excluding hydrogens is 283 g/mol. The molecule has 1 saturated carbocycles. The van der Waals surface area contributed by atoms with Crippen molar-refractivity contribution in [1.29, 1.82) is 0 Å². The summed E-state index contributed by atoms with van der Waals surface area (Å²) in [5, 5.41) is 12.8. The highest BCUT2D eigenvalue weighted by molar-refractivity contribution is 5.95. The minimum atomic E-state index is -0.321. The van der Waals surface area contributed by atoms with Crippen molar-refractivity contribution in [3.63, 3.8) is 0 Å². The second-order valence-corrected chi connectivity index (χ2v) is 6.47. The van der Waals surface area contributed by atoms with E-state index in [4.69, 9.17) is 0 Å². The summed E-state index contributed by atoms with van der Waals surface area (Å²) in [6.07, 6.45) is 3.68. The Balaban J connectivity index is 1.67. The third-order valence-electron chi connectivity index (χ3n) is 4.89. The molecule has 1 amide bonds. The number of halogens is 1. The van der Waals surface area contributed by atoms with Crippen molar-refractivity contribution >= 4 is 5.91 Å². The summed E-state index contributed by atoms with van der Waals surface area (Å²) in [4.78, 5) is 14.7. The van der Waals surface area contributed by atoms with Gasteiger partial charge in [-0.1, -0.05) is 0 Å². The van der Waals surface area contributed by atoms with Crippen LogP contribution in [0.25, 0.3) is 0 Å². The molecule has 0 bridgehead atoms. The molecule has 2 N–H and O–H groups in total. The van der Waals surface area contributed by atoms with Crippen molar-refractivity contribution in [2.75, 3.05) is 13.1 Å². The van der Waals surface area contributed by atoms with Gasteiger partial charge in [0.25, 0.3) is 5.91 Å². The molecule has 1 aliphatic carbocycles. The van der Waals surface area contributed by atoms with Gasteiger partial charge in [-0.25, -0.2) is 4.39 Å². The van der Waals surface area contributed by atoms with Gasteiger partial charge in [-0.15, -0.1) is 0 Å². The van der Waals surface area contributed by atoms with Gasteiger partial charge in [0.2, 0.25) is 0 Å². The average Bonchev–Trinajstić information content (AvgIpc) is 3.07. The molecule has 5 heteroatoms. The molecule has 0 aromatic heterocycles. The number of hydrogen-bond acceptors (Lipinski definition) is 3. The quantitative estimate of drug-likeness (QED) is 0.896. The third-order valence-corrected chi connectivity index (χ3v) is 4.89. The lowest BCUT2D eigenvalue weighted by Crippen LogP contribution is -2.48. The normalized spacial score (nSPS) is 29.0. The van der Waals surface area contributed by atoms with E-state index in [9.17, 15) is 14.3 Å². The molecule has 2 aliphatic rings. The first kappa shape index (κ1) is 15.4. The van der Waals surface area contributed by atoms with Crippen LogP contribution in [0.2, 0.25) is 0 Å². The van der Waals surface area contributed by atoms with Crippen LogP contribution in [-0.2, 0) is 0 Å². The zero-order valence-electron chi connectivity index (χ0n) is 12.9. The Morgan fingerprint density at radius 1 is 1.36 bits per heavy atom. The van der Waals surface area contributed by atoms with Gasteiger partial charge in [-0.2, -0.15) is 0 Å². The number of carbonyl (C=O) groups excluding carboxylic acids is 1. The number of nitrogens with one attached hydrogen (secondary N) is 1. The van der Waals surface area contributed by atoms with Crippen LogP contribution >= 0.6 is 0 Å². The first-order valence-electron chi connectivity index (χ1n) is 8.03. The van der Waals surface area contributed by atoms with Gasteiger partial charge < -0.3 is 10.4 Å². The summed E-state index contributed by atoms with van der Waals surface area (Å²) in [5.41, 5.74) is 1.19. The average molecular weight is 306 g/mol. The summed E-state index contributed by atoms with van der Waals surface area (Å²) in [6.45, 7) is 3.35. The summed E-state index contributed by atoms with van der Waals surface area (Å²) in [5.74, 6) is -0.451. The van der Waals surface area contributed by atoms with Crippen molar-refractivity contribution in [2.24, 2.45) is 0 Å². The monoisotopic (exact) mass is 306 g/mol. The minimum absolute atomic E-state index is 0.113. The summed E-state index contributed by atoms with van der Waals surface area (Å²) in [7, 11) is 0. The van der Waals surface area contributed by atoms with Crippen molar-refractivity contribution in [3.05, 3.63) is 35.1 Å². The Hall–Kier alpha value is -1.46. The lowest BCUT2D eigenvalue weighted by atomic mass is 10.1. The maximum absolute atomic E-state index is 13.2. The Bertz CT molecular complexity index is 564. The predicted octanol–water partition coefficient (Wildman–Crippen LogP) is 1.85. The summed E-state index contributed by atoms with van der Waals surface area (Å²) >= 11 is 0. The van der Waals surface area contributed by atoms with Crippen molar-refractivity contribution < 1.29 is 14.3 Å². The number of benzene rings is 1. The first-order chi connectivity index (χ1) is 10.5. The number of carbonyl (C=O) groups is 1. The number of aryl methyl sites for hydroxylation is 1. The molecule has 2 fully saturated rings. The van der Waals surface area contributed by atoms with Crippen molar-refractivity contribution in [3.8, 4) is 0 Å². The Kier molecular flexibility index (Phi) is 4.45. The van der Waals surface area contributed by atoms with E-state index in [1.807, 2.05) is 0 Å².